The number of hydrogen-bond acceptors (Lipinski definition) is 2. The molecule has 1 atom stereocenters. The zero-order valence-corrected chi connectivity index (χ0v) is 8.78. The van der Waals surface area contributed by atoms with Crippen LogP contribution in [0, 0.1) is 0 Å². The second-order valence-corrected chi connectivity index (χ2v) is 3.51. The zero-order chi connectivity index (χ0) is 11.4. The maximum atomic E-state index is 12.7. The average molecular weight is 214 g/mol. The molecule has 0 radical (unpaired) electrons. The van der Waals surface area contributed by atoms with Gasteiger partial charge in [-0.05, 0) is 6.08 Å². The summed E-state index contributed by atoms with van der Waals surface area (Å²) in [4.78, 5) is 25.4. The highest BCUT2D eigenvalue weighted by molar-refractivity contribution is 5.87. The lowest BCUT2D eigenvalue weighted by atomic mass is 10.1. The van der Waals surface area contributed by atoms with E-state index in [2.05, 4.69) is 6.58 Å². The maximum absolute atomic E-state index is 12.7. The molecule has 2 amide bonds. The van der Waals surface area contributed by atoms with E-state index < -0.39 is 12.7 Å². The Morgan fingerprint density at radius 2 is 2.20 bits per heavy atom. The lowest BCUT2D eigenvalue weighted by Crippen LogP contribution is -2.56. The van der Waals surface area contributed by atoms with Gasteiger partial charge >= 0.3 is 0 Å². The summed E-state index contributed by atoms with van der Waals surface area (Å²) in [6.45, 7) is 5.28. The van der Waals surface area contributed by atoms with E-state index in [-0.39, 0.29) is 18.4 Å². The highest BCUT2D eigenvalue weighted by Crippen LogP contribution is 2.11. The lowest BCUT2D eigenvalue weighted by molar-refractivity contribution is -0.139. The van der Waals surface area contributed by atoms with Crippen LogP contribution in [0.1, 0.15) is 6.92 Å². The molecule has 0 aromatic rings. The third kappa shape index (κ3) is 2.55. The van der Waals surface area contributed by atoms with Crippen molar-refractivity contribution in [3.05, 3.63) is 12.7 Å². The summed E-state index contributed by atoms with van der Waals surface area (Å²) < 4.78 is 12.7. The number of nitrogens with zero attached hydrogens (tertiary/aromatic N) is 2. The van der Waals surface area contributed by atoms with E-state index in [0.717, 1.165) is 0 Å². The number of halogens is 1. The SMILES string of the molecule is C=CC(=O)N1CCN(C(C)=O)CC1CF. The first kappa shape index (κ1) is 11.7. The van der Waals surface area contributed by atoms with Crippen molar-refractivity contribution in [3.63, 3.8) is 0 Å². The molecule has 0 N–H and O–H groups in total. The number of piperazine rings is 1. The van der Waals surface area contributed by atoms with E-state index in [9.17, 15) is 14.0 Å². The van der Waals surface area contributed by atoms with Crippen molar-refractivity contribution < 1.29 is 14.0 Å². The Morgan fingerprint density at radius 1 is 1.53 bits per heavy atom. The standard InChI is InChI=1S/C10H15FN2O2/c1-3-10(15)13-5-4-12(8(2)14)7-9(13)6-11/h3,9H,1,4-7H2,2H3. The van der Waals surface area contributed by atoms with Crippen molar-refractivity contribution in [2.45, 2.75) is 13.0 Å². The van der Waals surface area contributed by atoms with Crippen LogP contribution in [0.2, 0.25) is 0 Å². The minimum atomic E-state index is -0.636. The van der Waals surface area contributed by atoms with Crippen LogP contribution in [0.25, 0.3) is 0 Å². The number of alkyl halides is 1. The number of carbonyl (C=O) groups excluding carboxylic acids is 2. The van der Waals surface area contributed by atoms with Gasteiger partial charge in [-0.15, -0.1) is 0 Å². The Kier molecular flexibility index (Phi) is 3.82. The second-order valence-electron chi connectivity index (χ2n) is 3.51. The molecular weight excluding hydrogens is 199 g/mol. The van der Waals surface area contributed by atoms with Crippen LogP contribution >= 0.6 is 0 Å². The lowest BCUT2D eigenvalue weighted by Gasteiger charge is -2.39. The molecule has 15 heavy (non-hydrogen) atoms. The van der Waals surface area contributed by atoms with Gasteiger partial charge in [0.1, 0.15) is 6.67 Å². The molecular formula is C10H15FN2O2. The summed E-state index contributed by atoms with van der Waals surface area (Å²) in [5.41, 5.74) is 0. The number of rotatable bonds is 2. The summed E-state index contributed by atoms with van der Waals surface area (Å²) in [5.74, 6) is -0.361. The van der Waals surface area contributed by atoms with Gasteiger partial charge in [-0.1, -0.05) is 6.58 Å². The highest BCUT2D eigenvalue weighted by atomic mass is 19.1. The molecule has 1 saturated heterocycles. The molecule has 84 valence electrons. The Labute approximate surface area is 88.3 Å². The fraction of sp³-hybridized carbons (Fsp3) is 0.600. The van der Waals surface area contributed by atoms with Gasteiger partial charge in [-0.3, -0.25) is 9.59 Å². The van der Waals surface area contributed by atoms with Gasteiger partial charge in [0.25, 0.3) is 0 Å². The number of hydrogen-bond donors (Lipinski definition) is 0. The van der Waals surface area contributed by atoms with Crippen LogP contribution in [-0.4, -0.2) is 54.0 Å². The molecule has 0 bridgehead atoms. The van der Waals surface area contributed by atoms with Crippen molar-refractivity contribution in [2.75, 3.05) is 26.3 Å². The summed E-state index contributed by atoms with van der Waals surface area (Å²) >= 11 is 0. The first-order chi connectivity index (χ1) is 7.10. The van der Waals surface area contributed by atoms with Gasteiger partial charge in [0.15, 0.2) is 0 Å². The summed E-state index contributed by atoms with van der Waals surface area (Å²) in [6, 6.07) is -0.534. The van der Waals surface area contributed by atoms with Crippen LogP contribution in [0.15, 0.2) is 12.7 Å². The molecule has 4 nitrogen and oxygen atoms in total. The van der Waals surface area contributed by atoms with E-state index in [0.29, 0.717) is 13.1 Å². The third-order valence-corrected chi connectivity index (χ3v) is 2.56. The largest absolute Gasteiger partial charge is 0.339 e. The first-order valence-electron chi connectivity index (χ1n) is 4.84. The quantitative estimate of drug-likeness (QED) is 0.616. The molecule has 1 fully saturated rings. The molecule has 0 aromatic heterocycles. The second kappa shape index (κ2) is 4.91. The van der Waals surface area contributed by atoms with Crippen LogP contribution < -0.4 is 0 Å². The summed E-state index contributed by atoms with van der Waals surface area (Å²) in [5, 5.41) is 0. The van der Waals surface area contributed by atoms with Gasteiger partial charge in [0.05, 0.1) is 6.04 Å². The van der Waals surface area contributed by atoms with Gasteiger partial charge in [0.2, 0.25) is 11.8 Å². The van der Waals surface area contributed by atoms with Crippen LogP contribution in [-0.2, 0) is 9.59 Å². The third-order valence-electron chi connectivity index (χ3n) is 2.56. The first-order valence-corrected chi connectivity index (χ1v) is 4.84. The van der Waals surface area contributed by atoms with Crippen LogP contribution in [0.4, 0.5) is 4.39 Å². The Bertz CT molecular complexity index is 281. The van der Waals surface area contributed by atoms with Crippen molar-refractivity contribution in [2.24, 2.45) is 0 Å². The summed E-state index contributed by atoms with van der Waals surface area (Å²) in [7, 11) is 0. The molecule has 1 unspecified atom stereocenters. The normalized spacial score (nSPS) is 21.3. The van der Waals surface area contributed by atoms with Crippen molar-refractivity contribution in [1.82, 2.24) is 9.80 Å². The molecule has 1 aliphatic rings. The van der Waals surface area contributed by atoms with E-state index in [1.807, 2.05) is 0 Å². The minimum absolute atomic E-state index is 0.0841. The van der Waals surface area contributed by atoms with E-state index in [4.69, 9.17) is 0 Å². The fourth-order valence-electron chi connectivity index (χ4n) is 1.68. The monoisotopic (exact) mass is 214 g/mol. The summed E-state index contributed by atoms with van der Waals surface area (Å²) in [6.07, 6.45) is 1.17. The predicted octanol–water partition coefficient (Wildman–Crippen LogP) is 0.201. The molecule has 0 spiro atoms. The van der Waals surface area contributed by atoms with Crippen LogP contribution in [0.5, 0.6) is 0 Å². The van der Waals surface area contributed by atoms with Gasteiger partial charge in [-0.25, -0.2) is 4.39 Å². The smallest absolute Gasteiger partial charge is 0.246 e. The molecule has 1 heterocycles. The predicted molar refractivity (Wildman–Crippen MR) is 53.9 cm³/mol. The van der Waals surface area contributed by atoms with Gasteiger partial charge < -0.3 is 9.80 Å². The highest BCUT2D eigenvalue weighted by Gasteiger charge is 2.30. The molecule has 1 aliphatic heterocycles. The van der Waals surface area contributed by atoms with Gasteiger partial charge in [-0.2, -0.15) is 0 Å². The molecule has 1 rings (SSSR count). The van der Waals surface area contributed by atoms with E-state index in [1.165, 1.54) is 17.9 Å². The Balaban J connectivity index is 2.68. The molecule has 0 saturated carbocycles. The molecule has 0 aromatic carbocycles. The Hall–Kier alpha value is -1.39. The Morgan fingerprint density at radius 3 is 2.67 bits per heavy atom. The fourth-order valence-corrected chi connectivity index (χ4v) is 1.68. The van der Waals surface area contributed by atoms with Crippen molar-refractivity contribution in [1.29, 1.82) is 0 Å². The van der Waals surface area contributed by atoms with Crippen molar-refractivity contribution >= 4 is 11.8 Å². The van der Waals surface area contributed by atoms with Crippen molar-refractivity contribution in [3.8, 4) is 0 Å². The average Bonchev–Trinajstić information content (AvgIpc) is 2.27. The minimum Gasteiger partial charge on any atom is -0.339 e. The van der Waals surface area contributed by atoms with Gasteiger partial charge in [0, 0.05) is 26.6 Å². The van der Waals surface area contributed by atoms with Crippen LogP contribution in [0.3, 0.4) is 0 Å². The molecule has 5 heteroatoms. The van der Waals surface area contributed by atoms with E-state index in [1.54, 1.807) is 4.90 Å². The number of amides is 2. The van der Waals surface area contributed by atoms with E-state index >= 15 is 0 Å². The molecule has 0 aliphatic carbocycles. The zero-order valence-electron chi connectivity index (χ0n) is 8.78. The maximum Gasteiger partial charge on any atom is 0.246 e. The topological polar surface area (TPSA) is 40.6 Å². The number of carbonyl (C=O) groups is 2.